The molecule has 2 N–H and O–H groups in total. The number of halogens is 2. The number of sulfonamides is 1. The zero-order valence-corrected chi connectivity index (χ0v) is 9.78. The monoisotopic (exact) mass is 282 g/mol. The first-order valence-corrected chi connectivity index (χ1v) is 5.94. The molecule has 0 saturated heterocycles. The Hall–Kier alpha value is -1.81. The van der Waals surface area contributed by atoms with Crippen molar-refractivity contribution in [2.24, 2.45) is 5.14 Å². The third kappa shape index (κ3) is 3.11. The minimum atomic E-state index is -4.17. The molecule has 0 aliphatic carbocycles. The molecule has 0 fully saturated rings. The predicted octanol–water partition coefficient (Wildman–Crippen LogP) is 1.15. The molecule has 1 aromatic rings. The van der Waals surface area contributed by atoms with Crippen LogP contribution < -0.4 is 9.88 Å². The highest BCUT2D eigenvalue weighted by Crippen LogP contribution is 2.34. The zero-order valence-electron chi connectivity index (χ0n) is 8.96. The Balaban J connectivity index is 3.52. The molecule has 0 atom stereocenters. The highest BCUT2D eigenvalue weighted by Gasteiger charge is 2.25. The lowest BCUT2D eigenvalue weighted by Crippen LogP contribution is -2.14. The third-order valence-electron chi connectivity index (χ3n) is 1.97. The highest BCUT2D eigenvalue weighted by molar-refractivity contribution is 7.89. The van der Waals surface area contributed by atoms with Crippen LogP contribution in [-0.4, -0.2) is 20.0 Å². The summed E-state index contributed by atoms with van der Waals surface area (Å²) in [6, 6.07) is 1.50. The molecule has 0 heterocycles. The van der Waals surface area contributed by atoms with Gasteiger partial charge >= 0.3 is 12.3 Å². The minimum Gasteiger partial charge on any atom is -0.427 e. The fraction of sp³-hybridized carbons (Fsp3) is 0.250. The van der Waals surface area contributed by atoms with Crippen LogP contribution in [0.5, 0.6) is 5.75 Å². The van der Waals surface area contributed by atoms with Crippen LogP contribution >= 0.6 is 0 Å². The molecule has 0 radical (unpaired) electrons. The fourth-order valence-electron chi connectivity index (χ4n) is 1.30. The number of aryl methyl sites for hydroxylation is 1. The molecule has 0 spiro atoms. The summed E-state index contributed by atoms with van der Waals surface area (Å²) in [6.07, 6.45) is 0. The predicted molar refractivity (Wildman–Crippen MR) is 55.8 cm³/mol. The number of hydrogen-bond acceptors (Lipinski definition) is 5. The normalized spacial score (nSPS) is 11.6. The zero-order chi connectivity index (χ0) is 14.1. The van der Waals surface area contributed by atoms with Crippen LogP contribution in [0.4, 0.5) is 14.5 Å². The van der Waals surface area contributed by atoms with Crippen molar-refractivity contribution in [3.8, 4) is 5.75 Å². The number of nitro groups is 1. The Morgan fingerprint density at radius 1 is 1.44 bits per heavy atom. The van der Waals surface area contributed by atoms with Gasteiger partial charge in [-0.05, 0) is 13.0 Å². The maximum atomic E-state index is 12.1. The van der Waals surface area contributed by atoms with E-state index in [-0.39, 0.29) is 5.56 Å². The third-order valence-corrected chi connectivity index (χ3v) is 2.86. The van der Waals surface area contributed by atoms with E-state index in [1.54, 1.807) is 0 Å². The first kappa shape index (κ1) is 14.3. The van der Waals surface area contributed by atoms with E-state index in [9.17, 15) is 27.3 Å². The van der Waals surface area contributed by atoms with Gasteiger partial charge in [0.05, 0.1) is 9.82 Å². The lowest BCUT2D eigenvalue weighted by Gasteiger charge is -2.09. The molecule has 7 nitrogen and oxygen atoms in total. The van der Waals surface area contributed by atoms with E-state index >= 15 is 0 Å². The average molecular weight is 282 g/mol. The van der Waals surface area contributed by atoms with E-state index in [4.69, 9.17) is 5.14 Å². The highest BCUT2D eigenvalue weighted by atomic mass is 32.2. The van der Waals surface area contributed by atoms with Gasteiger partial charge in [-0.15, -0.1) is 0 Å². The van der Waals surface area contributed by atoms with Crippen LogP contribution in [0.1, 0.15) is 5.56 Å². The van der Waals surface area contributed by atoms with Crippen LogP contribution in [0.3, 0.4) is 0 Å². The molecule has 1 rings (SSSR count). The Kier molecular flexibility index (Phi) is 3.82. The second kappa shape index (κ2) is 4.82. The van der Waals surface area contributed by atoms with Gasteiger partial charge in [-0.2, -0.15) is 8.78 Å². The second-order valence-corrected chi connectivity index (χ2v) is 4.83. The number of nitro benzene ring substituents is 1. The molecule has 100 valence electrons. The van der Waals surface area contributed by atoms with E-state index in [0.29, 0.717) is 6.07 Å². The number of alkyl halides is 2. The van der Waals surface area contributed by atoms with Crippen LogP contribution in [-0.2, 0) is 10.0 Å². The average Bonchev–Trinajstić information content (AvgIpc) is 2.13. The van der Waals surface area contributed by atoms with Crippen LogP contribution in [0.15, 0.2) is 17.0 Å². The Morgan fingerprint density at radius 2 is 2.00 bits per heavy atom. The molecule has 1 aromatic carbocycles. The van der Waals surface area contributed by atoms with Crippen LogP contribution in [0.25, 0.3) is 0 Å². The molecule has 0 aromatic heterocycles. The van der Waals surface area contributed by atoms with Gasteiger partial charge < -0.3 is 4.74 Å². The van der Waals surface area contributed by atoms with Gasteiger partial charge in [0.2, 0.25) is 15.8 Å². The number of ether oxygens (including phenoxy) is 1. The Bertz CT molecular complexity index is 587. The lowest BCUT2D eigenvalue weighted by molar-refractivity contribution is -0.387. The number of hydrogen-bond donors (Lipinski definition) is 1. The first-order chi connectivity index (χ1) is 8.12. The van der Waals surface area contributed by atoms with Crippen molar-refractivity contribution in [2.75, 3.05) is 0 Å². The molecule has 0 unspecified atom stereocenters. The van der Waals surface area contributed by atoms with Crippen molar-refractivity contribution in [1.82, 2.24) is 0 Å². The molecule has 0 aliphatic heterocycles. The van der Waals surface area contributed by atoms with Crippen molar-refractivity contribution in [3.63, 3.8) is 0 Å². The number of rotatable bonds is 4. The van der Waals surface area contributed by atoms with Crippen LogP contribution in [0, 0.1) is 17.0 Å². The van der Waals surface area contributed by atoms with Crippen molar-refractivity contribution in [1.29, 1.82) is 0 Å². The van der Waals surface area contributed by atoms with Crippen molar-refractivity contribution < 1.29 is 26.9 Å². The molecule has 0 saturated carbocycles. The van der Waals surface area contributed by atoms with Crippen molar-refractivity contribution in [2.45, 2.75) is 18.4 Å². The lowest BCUT2D eigenvalue weighted by atomic mass is 10.2. The summed E-state index contributed by atoms with van der Waals surface area (Å²) in [7, 11) is -4.17. The van der Waals surface area contributed by atoms with Crippen molar-refractivity contribution >= 4 is 15.7 Å². The van der Waals surface area contributed by atoms with E-state index < -0.39 is 37.9 Å². The topological polar surface area (TPSA) is 113 Å². The summed E-state index contributed by atoms with van der Waals surface area (Å²) in [6.45, 7) is -2.13. The van der Waals surface area contributed by atoms with Gasteiger partial charge in [0.25, 0.3) is 0 Å². The summed E-state index contributed by atoms with van der Waals surface area (Å²) in [4.78, 5) is 9.20. The number of nitrogens with zero attached hydrogens (tertiary/aromatic N) is 1. The molecular formula is C8H8F2N2O5S. The molecule has 0 bridgehead atoms. The van der Waals surface area contributed by atoms with Gasteiger partial charge in [-0.3, -0.25) is 10.1 Å². The molecular weight excluding hydrogens is 274 g/mol. The Morgan fingerprint density at radius 3 is 2.39 bits per heavy atom. The minimum absolute atomic E-state index is 0.151. The fourth-order valence-corrected chi connectivity index (χ4v) is 1.91. The van der Waals surface area contributed by atoms with Gasteiger partial charge in [-0.1, -0.05) is 0 Å². The summed E-state index contributed by atoms with van der Waals surface area (Å²) in [5.74, 6) is -0.848. The van der Waals surface area contributed by atoms with Crippen LogP contribution in [0.2, 0.25) is 0 Å². The van der Waals surface area contributed by atoms with Gasteiger partial charge in [0.15, 0.2) is 0 Å². The SMILES string of the molecule is Cc1cc(S(N)(=O)=O)cc(OC(F)F)c1[N+](=O)[O-]. The molecule has 0 aliphatic rings. The standard InChI is InChI=1S/C8H8F2N2O5S/c1-4-2-5(18(11,15)16)3-6(17-8(9)10)7(4)12(13)14/h2-3,8H,1H3,(H2,11,15,16). The summed E-state index contributed by atoms with van der Waals surface area (Å²) < 4.78 is 50.3. The summed E-state index contributed by atoms with van der Waals surface area (Å²) in [5.41, 5.74) is -0.884. The van der Waals surface area contributed by atoms with Crippen molar-refractivity contribution in [3.05, 3.63) is 27.8 Å². The van der Waals surface area contributed by atoms with Gasteiger partial charge in [0, 0.05) is 11.6 Å². The maximum Gasteiger partial charge on any atom is 0.387 e. The smallest absolute Gasteiger partial charge is 0.387 e. The summed E-state index contributed by atoms with van der Waals surface area (Å²) >= 11 is 0. The van der Waals surface area contributed by atoms with E-state index in [1.165, 1.54) is 6.92 Å². The summed E-state index contributed by atoms with van der Waals surface area (Å²) in [5, 5.41) is 15.5. The number of nitrogens with two attached hydrogens (primary N) is 1. The maximum absolute atomic E-state index is 12.1. The van der Waals surface area contributed by atoms with E-state index in [2.05, 4.69) is 4.74 Å². The quantitative estimate of drug-likeness (QED) is 0.657. The number of benzene rings is 1. The molecule has 0 amide bonds. The largest absolute Gasteiger partial charge is 0.427 e. The second-order valence-electron chi connectivity index (χ2n) is 3.27. The van der Waals surface area contributed by atoms with E-state index in [1.807, 2.05) is 0 Å². The molecule has 10 heteroatoms. The first-order valence-electron chi connectivity index (χ1n) is 4.39. The molecule has 18 heavy (non-hydrogen) atoms. The number of primary sulfonamides is 1. The van der Waals surface area contributed by atoms with Gasteiger partial charge in [-0.25, -0.2) is 13.6 Å². The van der Waals surface area contributed by atoms with E-state index in [0.717, 1.165) is 6.07 Å². The van der Waals surface area contributed by atoms with Gasteiger partial charge in [0.1, 0.15) is 0 Å². The Labute approximate surface area is 100 Å².